The SMILES string of the molecule is Clc1ccc(C(Sc2ncccn2)C(Cl)n2ccnc2)cc1. The van der Waals surface area contributed by atoms with Gasteiger partial charge in [-0.1, -0.05) is 47.1 Å². The number of rotatable bonds is 5. The number of alkyl halides is 1. The van der Waals surface area contributed by atoms with Crippen LogP contribution in [0.15, 0.2) is 66.6 Å². The third-order valence-corrected chi connectivity index (χ3v) is 5.12. The van der Waals surface area contributed by atoms with Crippen LogP contribution in [0.5, 0.6) is 0 Å². The highest BCUT2D eigenvalue weighted by atomic mass is 35.5. The molecule has 0 spiro atoms. The third kappa shape index (κ3) is 3.61. The summed E-state index contributed by atoms with van der Waals surface area (Å²) >= 11 is 14.1. The Labute approximate surface area is 142 Å². The Balaban J connectivity index is 1.92. The zero-order valence-corrected chi connectivity index (χ0v) is 13.7. The molecule has 4 nitrogen and oxygen atoms in total. The number of thioether (sulfide) groups is 1. The first-order valence-corrected chi connectivity index (χ1v) is 8.24. The van der Waals surface area contributed by atoms with Gasteiger partial charge in [-0.05, 0) is 23.8 Å². The van der Waals surface area contributed by atoms with Gasteiger partial charge in [0.1, 0.15) is 5.50 Å². The van der Waals surface area contributed by atoms with E-state index in [-0.39, 0.29) is 10.8 Å². The minimum Gasteiger partial charge on any atom is -0.319 e. The number of imidazole rings is 1. The van der Waals surface area contributed by atoms with Gasteiger partial charge >= 0.3 is 0 Å². The Hall–Kier alpha value is -1.56. The fraction of sp³-hybridized carbons (Fsp3) is 0.133. The molecule has 0 saturated heterocycles. The van der Waals surface area contributed by atoms with Gasteiger partial charge in [0.25, 0.3) is 0 Å². The molecule has 0 aliphatic heterocycles. The van der Waals surface area contributed by atoms with E-state index in [0.717, 1.165) is 5.56 Å². The third-order valence-electron chi connectivity index (χ3n) is 3.03. The van der Waals surface area contributed by atoms with E-state index in [4.69, 9.17) is 23.2 Å². The average Bonchev–Trinajstić information content (AvgIpc) is 3.08. The topological polar surface area (TPSA) is 43.6 Å². The van der Waals surface area contributed by atoms with Gasteiger partial charge in [0.2, 0.25) is 0 Å². The van der Waals surface area contributed by atoms with Gasteiger partial charge in [-0.3, -0.25) is 0 Å². The van der Waals surface area contributed by atoms with Gasteiger partial charge in [-0.15, -0.1) is 0 Å². The van der Waals surface area contributed by atoms with Crippen LogP contribution in [-0.4, -0.2) is 19.5 Å². The minimum absolute atomic E-state index is 0.0736. The summed E-state index contributed by atoms with van der Waals surface area (Å²) in [7, 11) is 0. The first-order chi connectivity index (χ1) is 10.7. The van der Waals surface area contributed by atoms with Crippen molar-refractivity contribution in [1.29, 1.82) is 0 Å². The molecule has 112 valence electrons. The molecule has 2 unspecified atom stereocenters. The molecule has 0 saturated carbocycles. The summed E-state index contributed by atoms with van der Waals surface area (Å²) in [6.07, 6.45) is 8.68. The Morgan fingerprint density at radius 3 is 2.41 bits per heavy atom. The summed E-state index contributed by atoms with van der Waals surface area (Å²) in [5.74, 6) is 0. The van der Waals surface area contributed by atoms with E-state index in [1.165, 1.54) is 11.8 Å². The monoisotopic (exact) mass is 350 g/mol. The van der Waals surface area contributed by atoms with E-state index in [0.29, 0.717) is 10.2 Å². The lowest BCUT2D eigenvalue weighted by molar-refractivity contribution is 0.649. The van der Waals surface area contributed by atoms with Gasteiger partial charge in [0, 0.05) is 29.8 Å². The molecule has 0 amide bonds. The van der Waals surface area contributed by atoms with Crippen LogP contribution in [-0.2, 0) is 0 Å². The smallest absolute Gasteiger partial charge is 0.188 e. The van der Waals surface area contributed by atoms with Crippen LogP contribution in [0.2, 0.25) is 5.02 Å². The highest BCUT2D eigenvalue weighted by molar-refractivity contribution is 7.99. The van der Waals surface area contributed by atoms with Crippen LogP contribution < -0.4 is 0 Å². The average molecular weight is 351 g/mol. The van der Waals surface area contributed by atoms with Crippen molar-refractivity contribution in [2.75, 3.05) is 0 Å². The Morgan fingerprint density at radius 1 is 1.05 bits per heavy atom. The summed E-state index contributed by atoms with van der Waals surface area (Å²) in [6.45, 7) is 0. The van der Waals surface area contributed by atoms with Gasteiger partial charge < -0.3 is 4.57 Å². The second-order valence-electron chi connectivity index (χ2n) is 4.50. The van der Waals surface area contributed by atoms with E-state index in [2.05, 4.69) is 15.0 Å². The molecule has 0 aliphatic carbocycles. The van der Waals surface area contributed by atoms with Crippen molar-refractivity contribution in [1.82, 2.24) is 19.5 Å². The summed E-state index contributed by atoms with van der Waals surface area (Å²) in [4.78, 5) is 12.6. The van der Waals surface area contributed by atoms with Gasteiger partial charge in [-0.2, -0.15) is 0 Å². The summed E-state index contributed by atoms with van der Waals surface area (Å²) in [5.41, 5.74) is 0.730. The van der Waals surface area contributed by atoms with Crippen LogP contribution in [0.4, 0.5) is 0 Å². The van der Waals surface area contributed by atoms with E-state index >= 15 is 0 Å². The molecule has 1 aromatic carbocycles. The van der Waals surface area contributed by atoms with Crippen molar-refractivity contribution in [3.63, 3.8) is 0 Å². The zero-order chi connectivity index (χ0) is 15.4. The Bertz CT molecular complexity index is 704. The molecule has 3 aromatic rings. The van der Waals surface area contributed by atoms with Crippen LogP contribution in [0.25, 0.3) is 0 Å². The molecule has 2 atom stereocenters. The van der Waals surface area contributed by atoms with Crippen LogP contribution in [0.3, 0.4) is 0 Å². The highest BCUT2D eigenvalue weighted by Gasteiger charge is 2.25. The van der Waals surface area contributed by atoms with E-state index in [1.807, 2.05) is 35.0 Å². The molecular formula is C15H12Cl2N4S. The van der Waals surface area contributed by atoms with Crippen molar-refractivity contribution in [2.45, 2.75) is 15.9 Å². The first kappa shape index (κ1) is 15.3. The number of nitrogens with zero attached hydrogens (tertiary/aromatic N) is 4. The molecule has 0 aliphatic rings. The maximum absolute atomic E-state index is 6.65. The van der Waals surface area contributed by atoms with E-state index in [1.54, 1.807) is 31.0 Å². The molecule has 22 heavy (non-hydrogen) atoms. The number of hydrogen-bond donors (Lipinski definition) is 0. The predicted molar refractivity (Wildman–Crippen MR) is 89.2 cm³/mol. The quantitative estimate of drug-likeness (QED) is 0.383. The second kappa shape index (κ2) is 7.13. The maximum atomic E-state index is 6.65. The van der Waals surface area contributed by atoms with Crippen molar-refractivity contribution in [3.8, 4) is 0 Å². The lowest BCUT2D eigenvalue weighted by atomic mass is 10.1. The molecule has 0 bridgehead atoms. The highest BCUT2D eigenvalue weighted by Crippen LogP contribution is 2.43. The fourth-order valence-corrected chi connectivity index (χ4v) is 3.52. The fourth-order valence-electron chi connectivity index (χ4n) is 1.97. The van der Waals surface area contributed by atoms with Crippen molar-refractivity contribution >= 4 is 35.0 Å². The van der Waals surface area contributed by atoms with E-state index in [9.17, 15) is 0 Å². The largest absolute Gasteiger partial charge is 0.319 e. The molecule has 2 heterocycles. The van der Waals surface area contributed by atoms with Crippen molar-refractivity contribution in [2.24, 2.45) is 0 Å². The number of aromatic nitrogens is 4. The summed E-state index contributed by atoms with van der Waals surface area (Å²) in [5, 5.41) is 1.29. The van der Waals surface area contributed by atoms with Crippen LogP contribution in [0.1, 0.15) is 16.3 Å². The van der Waals surface area contributed by atoms with Crippen LogP contribution in [0, 0.1) is 0 Å². The molecule has 7 heteroatoms. The normalized spacial score (nSPS) is 13.7. The first-order valence-electron chi connectivity index (χ1n) is 6.55. The Morgan fingerprint density at radius 2 is 1.77 bits per heavy atom. The number of halogens is 2. The standard InChI is InChI=1S/C15H12Cl2N4S/c16-12-4-2-11(3-5-12)13(14(17)21-9-8-18-10-21)22-15-19-6-1-7-20-15/h1-10,13-14H. The van der Waals surface area contributed by atoms with Crippen LogP contribution >= 0.6 is 35.0 Å². The second-order valence-corrected chi connectivity index (χ2v) is 6.50. The lowest BCUT2D eigenvalue weighted by Gasteiger charge is -2.22. The Kier molecular flexibility index (Phi) is 4.97. The van der Waals surface area contributed by atoms with Gasteiger partial charge in [0.15, 0.2) is 5.16 Å². The molecule has 0 fully saturated rings. The molecule has 3 rings (SSSR count). The van der Waals surface area contributed by atoms with E-state index < -0.39 is 0 Å². The van der Waals surface area contributed by atoms with Gasteiger partial charge in [0.05, 0.1) is 11.6 Å². The molecule has 0 radical (unpaired) electrons. The van der Waals surface area contributed by atoms with Crippen molar-refractivity contribution < 1.29 is 0 Å². The maximum Gasteiger partial charge on any atom is 0.188 e. The summed E-state index contributed by atoms with van der Waals surface area (Å²) in [6, 6.07) is 9.43. The number of benzene rings is 1. The predicted octanol–water partition coefficient (Wildman–Crippen LogP) is 4.60. The summed E-state index contributed by atoms with van der Waals surface area (Å²) < 4.78 is 1.86. The van der Waals surface area contributed by atoms with Gasteiger partial charge in [-0.25, -0.2) is 15.0 Å². The van der Waals surface area contributed by atoms with Crippen molar-refractivity contribution in [3.05, 3.63) is 72.0 Å². The minimum atomic E-state index is -0.322. The molecular weight excluding hydrogens is 339 g/mol. The number of hydrogen-bond acceptors (Lipinski definition) is 4. The lowest BCUT2D eigenvalue weighted by Crippen LogP contribution is -2.09. The zero-order valence-electron chi connectivity index (χ0n) is 11.4. The molecule has 0 N–H and O–H groups in total. The molecule has 2 aromatic heterocycles.